The third-order valence-electron chi connectivity index (χ3n) is 3.84. The van der Waals surface area contributed by atoms with Gasteiger partial charge in [0.2, 0.25) is 6.10 Å². The van der Waals surface area contributed by atoms with Gasteiger partial charge in [0.25, 0.3) is 5.91 Å². The van der Waals surface area contributed by atoms with Gasteiger partial charge >= 0.3 is 17.9 Å². The van der Waals surface area contributed by atoms with E-state index >= 15 is 0 Å². The van der Waals surface area contributed by atoms with Gasteiger partial charge in [-0.1, -0.05) is 40.2 Å². The molecule has 0 radical (unpaired) electrons. The van der Waals surface area contributed by atoms with E-state index < -0.39 is 29.9 Å². The van der Waals surface area contributed by atoms with Gasteiger partial charge < -0.3 is 20.3 Å². The molecule has 156 valence electrons. The minimum Gasteiger partial charge on any atom is -0.481 e. The topological polar surface area (TPSA) is 130 Å². The van der Waals surface area contributed by atoms with Crippen molar-refractivity contribution >= 4 is 45.8 Å². The van der Waals surface area contributed by atoms with E-state index in [-0.39, 0.29) is 18.5 Å². The van der Waals surface area contributed by atoms with Crippen molar-refractivity contribution in [2.75, 3.05) is 6.54 Å². The smallest absolute Gasteiger partial charge is 0.339 e. The molecule has 3 N–H and O–H groups in total. The maximum Gasteiger partial charge on any atom is 0.339 e. The summed E-state index contributed by atoms with van der Waals surface area (Å²) in [6, 6.07) is 12.6. The lowest BCUT2D eigenvalue weighted by Crippen LogP contribution is -2.33. The number of nitrogens with one attached hydrogen (secondary N) is 1. The number of benzene rings is 2. The second-order valence-electron chi connectivity index (χ2n) is 6.07. The molecule has 1 atom stereocenters. The van der Waals surface area contributed by atoms with E-state index in [0.29, 0.717) is 11.1 Å². The summed E-state index contributed by atoms with van der Waals surface area (Å²) in [6.45, 7) is -0.108. The third kappa shape index (κ3) is 7.17. The molecule has 0 spiro atoms. The number of aliphatic carboxylic acids is 2. The summed E-state index contributed by atoms with van der Waals surface area (Å²) in [6.07, 6.45) is 0.806. The highest BCUT2D eigenvalue weighted by Gasteiger charge is 2.25. The fourth-order valence-corrected chi connectivity index (χ4v) is 2.63. The summed E-state index contributed by atoms with van der Waals surface area (Å²) >= 11 is 3.29. The molecule has 0 saturated carbocycles. The van der Waals surface area contributed by atoms with E-state index in [0.717, 1.165) is 10.5 Å². The second-order valence-corrected chi connectivity index (χ2v) is 6.98. The van der Waals surface area contributed by atoms with Crippen LogP contribution in [0.1, 0.15) is 34.0 Å². The first-order chi connectivity index (χ1) is 14.3. The Labute approximate surface area is 180 Å². The lowest BCUT2D eigenvalue weighted by atomic mass is 10.1. The Kier molecular flexibility index (Phi) is 8.30. The van der Waals surface area contributed by atoms with Gasteiger partial charge in [0, 0.05) is 22.7 Å². The summed E-state index contributed by atoms with van der Waals surface area (Å²) in [5, 5.41) is 19.8. The van der Waals surface area contributed by atoms with E-state index in [1.54, 1.807) is 24.3 Å². The van der Waals surface area contributed by atoms with Crippen molar-refractivity contribution in [3.63, 3.8) is 0 Å². The van der Waals surface area contributed by atoms with Crippen LogP contribution in [0.4, 0.5) is 0 Å². The van der Waals surface area contributed by atoms with Crippen LogP contribution in [0.25, 0.3) is 6.08 Å². The summed E-state index contributed by atoms with van der Waals surface area (Å²) in [5.41, 5.74) is 1.16. The predicted molar refractivity (Wildman–Crippen MR) is 111 cm³/mol. The second kappa shape index (κ2) is 10.9. The predicted octanol–water partition coefficient (Wildman–Crippen LogP) is 3.04. The number of carbonyl (C=O) groups is 4. The molecule has 1 unspecified atom stereocenters. The maximum absolute atomic E-state index is 12.5. The van der Waals surface area contributed by atoms with Gasteiger partial charge in [-0.3, -0.25) is 9.59 Å². The van der Waals surface area contributed by atoms with E-state index in [4.69, 9.17) is 14.9 Å². The van der Waals surface area contributed by atoms with Crippen LogP contribution in [0.2, 0.25) is 0 Å². The van der Waals surface area contributed by atoms with Crippen LogP contribution in [-0.2, 0) is 19.1 Å². The van der Waals surface area contributed by atoms with Gasteiger partial charge in [-0.25, -0.2) is 9.59 Å². The lowest BCUT2D eigenvalue weighted by molar-refractivity contribution is -0.137. The minimum absolute atomic E-state index is 0.108. The first kappa shape index (κ1) is 22.8. The molecular formula is C21H18BrNO7. The van der Waals surface area contributed by atoms with E-state index in [1.165, 1.54) is 30.3 Å². The van der Waals surface area contributed by atoms with Crippen molar-refractivity contribution in [3.8, 4) is 0 Å². The third-order valence-corrected chi connectivity index (χ3v) is 4.37. The Bertz CT molecular complexity index is 952. The summed E-state index contributed by atoms with van der Waals surface area (Å²) in [4.78, 5) is 46.3. The van der Waals surface area contributed by atoms with Crippen molar-refractivity contribution in [3.05, 3.63) is 75.8 Å². The maximum atomic E-state index is 12.5. The molecule has 30 heavy (non-hydrogen) atoms. The van der Waals surface area contributed by atoms with Gasteiger partial charge in [0.1, 0.15) is 0 Å². The number of carboxylic acid groups (broad SMARTS) is 2. The molecule has 0 aliphatic carbocycles. The Hall–Kier alpha value is -3.46. The van der Waals surface area contributed by atoms with Crippen molar-refractivity contribution in [2.24, 2.45) is 0 Å². The van der Waals surface area contributed by atoms with Crippen LogP contribution in [0.5, 0.6) is 0 Å². The molecule has 0 bridgehead atoms. The largest absolute Gasteiger partial charge is 0.481 e. The van der Waals surface area contributed by atoms with Gasteiger partial charge in [-0.2, -0.15) is 0 Å². The van der Waals surface area contributed by atoms with Gasteiger partial charge in [-0.05, 0) is 35.9 Å². The molecule has 0 saturated heterocycles. The highest BCUT2D eigenvalue weighted by molar-refractivity contribution is 9.10. The fourth-order valence-electron chi connectivity index (χ4n) is 2.37. The van der Waals surface area contributed by atoms with Crippen LogP contribution in [0, 0.1) is 0 Å². The molecule has 0 aliphatic rings. The van der Waals surface area contributed by atoms with Crippen molar-refractivity contribution in [1.29, 1.82) is 0 Å². The molecule has 2 aromatic rings. The summed E-state index contributed by atoms with van der Waals surface area (Å²) in [7, 11) is 0. The molecule has 8 nitrogen and oxygen atoms in total. The molecule has 0 heterocycles. The van der Waals surface area contributed by atoms with Crippen LogP contribution < -0.4 is 5.32 Å². The quantitative estimate of drug-likeness (QED) is 0.375. The number of hydrogen-bond acceptors (Lipinski definition) is 5. The first-order valence-corrected chi connectivity index (χ1v) is 9.52. The number of carboxylic acids is 2. The molecule has 0 aromatic heterocycles. The van der Waals surface area contributed by atoms with Crippen LogP contribution in [0.3, 0.4) is 0 Å². The average Bonchev–Trinajstić information content (AvgIpc) is 2.71. The Morgan fingerprint density at radius 2 is 1.63 bits per heavy atom. The normalized spacial score (nSPS) is 11.6. The van der Waals surface area contributed by atoms with Gasteiger partial charge in [-0.15, -0.1) is 0 Å². The number of hydrogen-bond donors (Lipinski definition) is 3. The van der Waals surface area contributed by atoms with Crippen LogP contribution in [0.15, 0.2) is 59.1 Å². The number of esters is 1. The monoisotopic (exact) mass is 475 g/mol. The fraction of sp³-hybridized carbons (Fsp3) is 0.143. The molecule has 0 fully saturated rings. The van der Waals surface area contributed by atoms with Crippen LogP contribution >= 0.6 is 15.9 Å². The first-order valence-electron chi connectivity index (χ1n) is 8.73. The molecule has 9 heteroatoms. The number of rotatable bonds is 9. The van der Waals surface area contributed by atoms with E-state index in [2.05, 4.69) is 21.2 Å². The Morgan fingerprint density at radius 1 is 1.00 bits per heavy atom. The lowest BCUT2D eigenvalue weighted by Gasteiger charge is -2.18. The standard InChI is InChI=1S/C21H18BrNO7/c22-16-8-6-14(7-9-16)19(20(28)23-12-11-18(26)27)30-21(29)15-4-1-13(2-5-15)3-10-17(24)25/h1-10,19H,11-12H2,(H,23,28)(H,24,25)(H,26,27). The highest BCUT2D eigenvalue weighted by Crippen LogP contribution is 2.22. The van der Waals surface area contributed by atoms with Crippen LogP contribution in [-0.4, -0.2) is 40.6 Å². The molecule has 2 aromatic carbocycles. The van der Waals surface area contributed by atoms with E-state index in [9.17, 15) is 19.2 Å². The molecule has 0 aliphatic heterocycles. The van der Waals surface area contributed by atoms with E-state index in [1.807, 2.05) is 0 Å². The minimum atomic E-state index is -1.27. The Balaban J connectivity index is 2.16. The zero-order valence-electron chi connectivity index (χ0n) is 15.6. The van der Waals surface area contributed by atoms with Gasteiger partial charge in [0.15, 0.2) is 0 Å². The Morgan fingerprint density at radius 3 is 2.20 bits per heavy atom. The zero-order valence-corrected chi connectivity index (χ0v) is 17.2. The molecular weight excluding hydrogens is 458 g/mol. The number of amides is 1. The average molecular weight is 476 g/mol. The highest BCUT2D eigenvalue weighted by atomic mass is 79.9. The van der Waals surface area contributed by atoms with Crippen molar-refractivity contribution < 1.29 is 34.1 Å². The number of halogens is 1. The number of carbonyl (C=O) groups excluding carboxylic acids is 2. The molecule has 1 amide bonds. The SMILES string of the molecule is O=C(O)C=Cc1ccc(C(=O)OC(C(=O)NCCC(=O)O)c2ccc(Br)cc2)cc1. The van der Waals surface area contributed by atoms with Gasteiger partial charge in [0.05, 0.1) is 12.0 Å². The van der Waals surface area contributed by atoms with Crippen molar-refractivity contribution in [1.82, 2.24) is 5.32 Å². The number of ether oxygens (including phenoxy) is 1. The van der Waals surface area contributed by atoms with Crippen molar-refractivity contribution in [2.45, 2.75) is 12.5 Å². The molecule has 2 rings (SSSR count). The zero-order chi connectivity index (χ0) is 22.1. The summed E-state index contributed by atoms with van der Waals surface area (Å²) < 4.78 is 6.16. The summed E-state index contributed by atoms with van der Waals surface area (Å²) in [5.74, 6) is -3.56.